The Bertz CT molecular complexity index is 522. The minimum absolute atomic E-state index is 0.0798. The van der Waals surface area contributed by atoms with Gasteiger partial charge in [-0.3, -0.25) is 0 Å². The van der Waals surface area contributed by atoms with Crippen molar-refractivity contribution in [1.29, 1.82) is 0 Å². The molecule has 0 radical (unpaired) electrons. The Hall–Kier alpha value is 0.170. The van der Waals surface area contributed by atoms with Crippen molar-refractivity contribution in [2.24, 2.45) is 28.6 Å². The summed E-state index contributed by atoms with van der Waals surface area (Å²) < 4.78 is 1.63. The lowest BCUT2D eigenvalue weighted by Gasteiger charge is -2.57. The summed E-state index contributed by atoms with van der Waals surface area (Å²) >= 11 is 2.60. The number of allylic oxidation sites excluding steroid dienone is 3. The SMILES string of the molecule is C[C@]12CCC(O)CC1=CCC1C2CC[C@]2(C)C(I)=CCC12. The van der Waals surface area contributed by atoms with Gasteiger partial charge in [0.2, 0.25) is 0 Å². The molecule has 0 heterocycles. The van der Waals surface area contributed by atoms with Crippen LogP contribution in [0.5, 0.6) is 0 Å². The van der Waals surface area contributed by atoms with E-state index < -0.39 is 0 Å². The minimum Gasteiger partial charge on any atom is -0.393 e. The van der Waals surface area contributed by atoms with Gasteiger partial charge in [-0.15, -0.1) is 0 Å². The molecule has 4 rings (SSSR count). The smallest absolute Gasteiger partial charge is 0.0577 e. The molecule has 0 bridgehead atoms. The Morgan fingerprint density at radius 3 is 2.62 bits per heavy atom. The first kappa shape index (κ1) is 14.7. The molecule has 0 aromatic rings. The van der Waals surface area contributed by atoms with Crippen LogP contribution in [0.3, 0.4) is 0 Å². The third-order valence-corrected chi connectivity index (χ3v) is 9.24. The average molecular weight is 398 g/mol. The number of rotatable bonds is 0. The molecule has 2 fully saturated rings. The number of aliphatic hydroxyl groups is 1. The van der Waals surface area contributed by atoms with Gasteiger partial charge in [-0.25, -0.2) is 0 Å². The number of fused-ring (bicyclic) bond motifs is 5. The highest BCUT2D eigenvalue weighted by Crippen LogP contribution is 2.65. The zero-order valence-electron chi connectivity index (χ0n) is 13.2. The maximum Gasteiger partial charge on any atom is 0.0577 e. The fourth-order valence-corrected chi connectivity index (χ4v) is 7.08. The summed E-state index contributed by atoms with van der Waals surface area (Å²) in [6, 6.07) is 0. The molecular weight excluding hydrogens is 371 g/mol. The van der Waals surface area contributed by atoms with Crippen LogP contribution in [-0.2, 0) is 0 Å². The molecule has 0 saturated heterocycles. The van der Waals surface area contributed by atoms with Gasteiger partial charge in [-0.2, -0.15) is 0 Å². The van der Waals surface area contributed by atoms with Crippen LogP contribution in [0, 0.1) is 28.6 Å². The Labute approximate surface area is 142 Å². The second-order valence-electron chi connectivity index (χ2n) is 8.40. The largest absolute Gasteiger partial charge is 0.393 e. The molecule has 0 spiro atoms. The number of halogens is 1. The first-order valence-electron chi connectivity index (χ1n) is 8.69. The molecule has 2 heteroatoms. The molecule has 21 heavy (non-hydrogen) atoms. The first-order valence-corrected chi connectivity index (χ1v) is 9.77. The maximum absolute atomic E-state index is 10.0. The molecule has 0 aliphatic heterocycles. The van der Waals surface area contributed by atoms with Gasteiger partial charge in [0, 0.05) is 5.41 Å². The van der Waals surface area contributed by atoms with E-state index in [0.29, 0.717) is 10.8 Å². The van der Waals surface area contributed by atoms with Gasteiger partial charge in [-0.05, 0) is 94.3 Å². The standard InChI is InChI=1S/C19H27IO/c1-18-9-7-13(21)11-12(18)3-4-14-15-5-6-17(20)19(15,2)10-8-16(14)18/h3,6,13-16,21H,4-5,7-11H2,1-2H3/t13?,14?,15?,16?,18-,19-/m0/s1. The van der Waals surface area contributed by atoms with Crippen molar-refractivity contribution in [2.45, 2.75) is 64.9 Å². The summed E-state index contributed by atoms with van der Waals surface area (Å²) in [5, 5.41) is 10.0. The lowest BCUT2D eigenvalue weighted by atomic mass is 9.48. The fraction of sp³-hybridized carbons (Fsp3) is 0.789. The van der Waals surface area contributed by atoms with E-state index >= 15 is 0 Å². The Morgan fingerprint density at radius 2 is 1.81 bits per heavy atom. The van der Waals surface area contributed by atoms with Crippen LogP contribution in [0.1, 0.15) is 58.8 Å². The zero-order chi connectivity index (χ0) is 14.8. The monoisotopic (exact) mass is 398 g/mol. The predicted octanol–water partition coefficient (Wildman–Crippen LogP) is 5.24. The van der Waals surface area contributed by atoms with Gasteiger partial charge < -0.3 is 5.11 Å². The zero-order valence-corrected chi connectivity index (χ0v) is 15.4. The van der Waals surface area contributed by atoms with Crippen molar-refractivity contribution in [3.63, 3.8) is 0 Å². The normalized spacial score (nSPS) is 52.4. The second-order valence-corrected chi connectivity index (χ2v) is 9.56. The van der Waals surface area contributed by atoms with E-state index in [1.165, 1.54) is 32.1 Å². The maximum atomic E-state index is 10.0. The highest BCUT2D eigenvalue weighted by atomic mass is 127. The van der Waals surface area contributed by atoms with Gasteiger partial charge in [-0.1, -0.05) is 31.6 Å². The van der Waals surface area contributed by atoms with Crippen LogP contribution in [0.4, 0.5) is 0 Å². The summed E-state index contributed by atoms with van der Waals surface area (Å²) in [6.07, 6.45) is 13.4. The van der Waals surface area contributed by atoms with Crippen molar-refractivity contribution >= 4 is 22.6 Å². The lowest BCUT2D eigenvalue weighted by molar-refractivity contribution is -0.0268. The topological polar surface area (TPSA) is 20.2 Å². The molecule has 4 aliphatic carbocycles. The Balaban J connectivity index is 1.68. The van der Waals surface area contributed by atoms with Gasteiger partial charge >= 0.3 is 0 Å². The summed E-state index contributed by atoms with van der Waals surface area (Å²) in [5.74, 6) is 2.60. The Kier molecular flexibility index (Phi) is 3.39. The van der Waals surface area contributed by atoms with Crippen LogP contribution >= 0.6 is 22.6 Å². The van der Waals surface area contributed by atoms with E-state index in [1.807, 2.05) is 0 Å². The van der Waals surface area contributed by atoms with Crippen molar-refractivity contribution in [2.75, 3.05) is 0 Å². The molecule has 116 valence electrons. The van der Waals surface area contributed by atoms with E-state index in [9.17, 15) is 5.11 Å². The van der Waals surface area contributed by atoms with Crippen molar-refractivity contribution in [3.8, 4) is 0 Å². The van der Waals surface area contributed by atoms with Crippen LogP contribution in [-0.4, -0.2) is 11.2 Å². The van der Waals surface area contributed by atoms with E-state index in [1.54, 1.807) is 9.15 Å². The third kappa shape index (κ3) is 1.97. The molecule has 2 saturated carbocycles. The minimum atomic E-state index is -0.0798. The predicted molar refractivity (Wildman–Crippen MR) is 95.2 cm³/mol. The number of hydrogen-bond acceptors (Lipinski definition) is 1. The van der Waals surface area contributed by atoms with E-state index in [-0.39, 0.29) is 6.10 Å². The summed E-state index contributed by atoms with van der Waals surface area (Å²) in [6.45, 7) is 5.03. The van der Waals surface area contributed by atoms with Crippen LogP contribution in [0.25, 0.3) is 0 Å². The first-order chi connectivity index (χ1) is 9.95. The lowest BCUT2D eigenvalue weighted by Crippen LogP contribution is -2.49. The summed E-state index contributed by atoms with van der Waals surface area (Å²) in [4.78, 5) is 0. The molecule has 4 unspecified atom stereocenters. The molecule has 1 nitrogen and oxygen atoms in total. The highest BCUT2D eigenvalue weighted by molar-refractivity contribution is 14.1. The van der Waals surface area contributed by atoms with Gasteiger partial charge in [0.1, 0.15) is 0 Å². The second kappa shape index (κ2) is 4.83. The Morgan fingerprint density at radius 1 is 1.05 bits per heavy atom. The molecule has 4 aliphatic rings. The van der Waals surface area contributed by atoms with Crippen LogP contribution in [0.15, 0.2) is 21.3 Å². The van der Waals surface area contributed by atoms with Crippen molar-refractivity contribution in [3.05, 3.63) is 21.3 Å². The molecule has 0 aromatic carbocycles. The quantitative estimate of drug-likeness (QED) is 0.437. The molecule has 1 N–H and O–H groups in total. The fourth-order valence-electron chi connectivity index (χ4n) is 6.16. The summed E-state index contributed by atoms with van der Waals surface area (Å²) in [5.41, 5.74) is 2.45. The van der Waals surface area contributed by atoms with Crippen molar-refractivity contribution in [1.82, 2.24) is 0 Å². The molecule has 6 atom stereocenters. The van der Waals surface area contributed by atoms with Crippen LogP contribution in [0.2, 0.25) is 0 Å². The molecule has 0 amide bonds. The van der Waals surface area contributed by atoms with Gasteiger partial charge in [0.15, 0.2) is 0 Å². The molecular formula is C19H27IO. The summed E-state index contributed by atoms with van der Waals surface area (Å²) in [7, 11) is 0. The van der Waals surface area contributed by atoms with Gasteiger partial charge in [0.05, 0.1) is 6.10 Å². The van der Waals surface area contributed by atoms with Crippen LogP contribution < -0.4 is 0 Å². The van der Waals surface area contributed by atoms with Crippen molar-refractivity contribution < 1.29 is 5.11 Å². The number of aliphatic hydroxyl groups excluding tert-OH is 1. The number of hydrogen-bond donors (Lipinski definition) is 1. The highest BCUT2D eigenvalue weighted by Gasteiger charge is 2.56. The molecule has 0 aromatic heterocycles. The van der Waals surface area contributed by atoms with E-state index in [0.717, 1.165) is 30.6 Å². The van der Waals surface area contributed by atoms with Gasteiger partial charge in [0.25, 0.3) is 0 Å². The van der Waals surface area contributed by atoms with E-state index in [2.05, 4.69) is 48.6 Å². The third-order valence-electron chi connectivity index (χ3n) is 7.56. The van der Waals surface area contributed by atoms with E-state index in [4.69, 9.17) is 0 Å². The average Bonchev–Trinajstić information content (AvgIpc) is 2.76.